The van der Waals surface area contributed by atoms with Gasteiger partial charge in [0, 0.05) is 12.6 Å². The minimum Gasteiger partial charge on any atom is -0.352 e. The Bertz CT molecular complexity index is 1170. The van der Waals surface area contributed by atoms with Crippen LogP contribution in [0.2, 0.25) is 0 Å². The first kappa shape index (κ1) is 30.4. The van der Waals surface area contributed by atoms with Gasteiger partial charge in [-0.15, -0.1) is 0 Å². The molecule has 0 saturated heterocycles. The molecule has 204 valence electrons. The zero-order valence-corrected chi connectivity index (χ0v) is 24.4. The highest BCUT2D eigenvalue weighted by Crippen LogP contribution is 2.26. The smallest absolute Gasteiger partial charge is 0.244 e. The first-order chi connectivity index (χ1) is 17.2. The van der Waals surface area contributed by atoms with Crippen LogP contribution >= 0.6 is 0 Å². The summed E-state index contributed by atoms with van der Waals surface area (Å²) in [5.74, 6) is -0.670. The molecule has 0 bridgehead atoms. The molecule has 7 nitrogen and oxygen atoms in total. The van der Waals surface area contributed by atoms with Crippen LogP contribution in [0.5, 0.6) is 0 Å². The first-order valence-electron chi connectivity index (χ1n) is 12.9. The topological polar surface area (TPSA) is 86.8 Å². The summed E-state index contributed by atoms with van der Waals surface area (Å²) in [4.78, 5) is 28.5. The van der Waals surface area contributed by atoms with Crippen molar-refractivity contribution in [1.29, 1.82) is 0 Å². The van der Waals surface area contributed by atoms with E-state index in [-0.39, 0.29) is 23.9 Å². The van der Waals surface area contributed by atoms with Crippen molar-refractivity contribution in [1.82, 2.24) is 10.2 Å². The van der Waals surface area contributed by atoms with Crippen LogP contribution in [-0.2, 0) is 31.6 Å². The maximum absolute atomic E-state index is 13.8. The van der Waals surface area contributed by atoms with E-state index in [9.17, 15) is 18.0 Å². The minimum absolute atomic E-state index is 0.0358. The number of carbonyl (C=O) groups excluding carboxylic acids is 2. The Hall–Kier alpha value is -2.87. The van der Waals surface area contributed by atoms with Crippen molar-refractivity contribution in [3.63, 3.8) is 0 Å². The monoisotopic (exact) mass is 529 g/mol. The number of amides is 2. The van der Waals surface area contributed by atoms with E-state index < -0.39 is 28.5 Å². The second-order valence-corrected chi connectivity index (χ2v) is 12.7. The Morgan fingerprint density at radius 2 is 1.62 bits per heavy atom. The Morgan fingerprint density at radius 1 is 1.00 bits per heavy atom. The molecule has 2 rings (SSSR count). The molecule has 0 saturated carbocycles. The zero-order valence-electron chi connectivity index (χ0n) is 23.5. The van der Waals surface area contributed by atoms with Gasteiger partial charge in [-0.2, -0.15) is 0 Å². The molecule has 0 heterocycles. The summed E-state index contributed by atoms with van der Waals surface area (Å²) in [7, 11) is -3.76. The molecule has 2 amide bonds. The third-order valence-electron chi connectivity index (χ3n) is 6.52. The number of hydrogen-bond donors (Lipinski definition) is 1. The maximum atomic E-state index is 13.8. The third kappa shape index (κ3) is 8.59. The van der Waals surface area contributed by atoms with Crippen molar-refractivity contribution in [2.24, 2.45) is 0 Å². The summed E-state index contributed by atoms with van der Waals surface area (Å²) < 4.78 is 26.7. The lowest BCUT2D eigenvalue weighted by Crippen LogP contribution is -2.53. The van der Waals surface area contributed by atoms with Crippen LogP contribution in [0.4, 0.5) is 5.69 Å². The number of aryl methyl sites for hydroxylation is 1. The van der Waals surface area contributed by atoms with Gasteiger partial charge in [0.25, 0.3) is 0 Å². The number of anilines is 1. The summed E-state index contributed by atoms with van der Waals surface area (Å²) >= 11 is 0. The second kappa shape index (κ2) is 12.6. The van der Waals surface area contributed by atoms with Crippen molar-refractivity contribution in [3.05, 3.63) is 65.2 Å². The molecule has 0 spiro atoms. The maximum Gasteiger partial charge on any atom is 0.244 e. The van der Waals surface area contributed by atoms with Gasteiger partial charge in [-0.25, -0.2) is 8.42 Å². The van der Waals surface area contributed by atoms with E-state index in [0.717, 1.165) is 33.7 Å². The summed E-state index contributed by atoms with van der Waals surface area (Å²) in [6, 6.07) is 14.2. The molecule has 2 atom stereocenters. The van der Waals surface area contributed by atoms with Crippen LogP contribution in [0.1, 0.15) is 71.1 Å². The zero-order chi connectivity index (χ0) is 28.0. The Kier molecular flexibility index (Phi) is 10.3. The van der Waals surface area contributed by atoms with Crippen molar-refractivity contribution < 1.29 is 18.0 Å². The quantitative estimate of drug-likeness (QED) is 0.454. The summed E-state index contributed by atoms with van der Waals surface area (Å²) in [5, 5.41) is 2.98. The molecule has 2 aromatic carbocycles. The van der Waals surface area contributed by atoms with Crippen LogP contribution in [-0.4, -0.2) is 50.0 Å². The molecule has 0 fully saturated rings. The molecule has 37 heavy (non-hydrogen) atoms. The normalized spacial score (nSPS) is 13.5. The van der Waals surface area contributed by atoms with E-state index in [1.807, 2.05) is 64.1 Å². The average molecular weight is 530 g/mol. The third-order valence-corrected chi connectivity index (χ3v) is 7.66. The average Bonchev–Trinajstić information content (AvgIpc) is 2.81. The minimum atomic E-state index is -3.76. The first-order valence-corrected chi connectivity index (χ1v) is 14.8. The van der Waals surface area contributed by atoms with Crippen LogP contribution in [0, 0.1) is 6.92 Å². The van der Waals surface area contributed by atoms with Gasteiger partial charge in [-0.3, -0.25) is 13.9 Å². The van der Waals surface area contributed by atoms with Crippen LogP contribution in [0.25, 0.3) is 0 Å². The SMILES string of the molecule is CC[C@H](C)NC(=O)[C@H](CC)N(Cc1cccc(C)c1)C(=O)CN(c1ccc(C(C)(C)C)cc1)S(C)(=O)=O. The van der Waals surface area contributed by atoms with Crippen molar-refractivity contribution in [2.75, 3.05) is 17.1 Å². The van der Waals surface area contributed by atoms with E-state index in [1.54, 1.807) is 12.1 Å². The number of hydrogen-bond acceptors (Lipinski definition) is 4. The molecule has 0 aliphatic heterocycles. The fourth-order valence-electron chi connectivity index (χ4n) is 4.11. The van der Waals surface area contributed by atoms with Crippen LogP contribution in [0.15, 0.2) is 48.5 Å². The molecular weight excluding hydrogens is 486 g/mol. The van der Waals surface area contributed by atoms with E-state index in [2.05, 4.69) is 26.1 Å². The Labute approximate surface area is 223 Å². The molecule has 1 N–H and O–H groups in total. The van der Waals surface area contributed by atoms with Gasteiger partial charge >= 0.3 is 0 Å². The highest BCUT2D eigenvalue weighted by molar-refractivity contribution is 7.92. The van der Waals surface area contributed by atoms with Gasteiger partial charge in [-0.1, -0.05) is 76.6 Å². The lowest BCUT2D eigenvalue weighted by atomic mass is 9.87. The molecule has 0 aliphatic rings. The highest BCUT2D eigenvalue weighted by atomic mass is 32.2. The summed E-state index contributed by atoms with van der Waals surface area (Å²) in [5.41, 5.74) is 3.30. The van der Waals surface area contributed by atoms with Crippen LogP contribution in [0.3, 0.4) is 0 Å². The van der Waals surface area contributed by atoms with Gasteiger partial charge in [0.2, 0.25) is 21.8 Å². The molecule has 0 radical (unpaired) electrons. The van der Waals surface area contributed by atoms with Crippen molar-refractivity contribution in [2.45, 2.75) is 85.4 Å². The molecule has 0 aliphatic carbocycles. The van der Waals surface area contributed by atoms with Gasteiger partial charge in [-0.05, 0) is 55.4 Å². The van der Waals surface area contributed by atoms with E-state index in [1.165, 1.54) is 4.90 Å². The van der Waals surface area contributed by atoms with E-state index >= 15 is 0 Å². The van der Waals surface area contributed by atoms with Gasteiger partial charge < -0.3 is 10.2 Å². The molecule has 0 aromatic heterocycles. The predicted molar refractivity (Wildman–Crippen MR) is 151 cm³/mol. The lowest BCUT2D eigenvalue weighted by Gasteiger charge is -2.33. The second-order valence-electron chi connectivity index (χ2n) is 10.8. The standard InChI is InChI=1S/C29H43N3O4S/c1-9-22(4)30-28(34)26(10-2)31(19-23-13-11-12-21(3)18-23)27(33)20-32(37(8,35)36)25-16-14-24(15-17-25)29(5,6)7/h11-18,22,26H,9-10,19-20H2,1-8H3,(H,30,34)/t22-,26-/m0/s1. The Morgan fingerprint density at radius 3 is 2.11 bits per heavy atom. The number of sulfonamides is 1. The fourth-order valence-corrected chi connectivity index (χ4v) is 4.96. The highest BCUT2D eigenvalue weighted by Gasteiger charge is 2.32. The molecule has 2 aromatic rings. The molecular formula is C29H43N3O4S. The number of benzene rings is 2. The van der Waals surface area contributed by atoms with Gasteiger partial charge in [0.05, 0.1) is 11.9 Å². The van der Waals surface area contributed by atoms with Gasteiger partial charge in [0.1, 0.15) is 12.6 Å². The number of nitrogens with zero attached hydrogens (tertiary/aromatic N) is 2. The Balaban J connectivity index is 2.45. The van der Waals surface area contributed by atoms with E-state index in [0.29, 0.717) is 12.1 Å². The van der Waals surface area contributed by atoms with Gasteiger partial charge in [0.15, 0.2) is 0 Å². The lowest BCUT2D eigenvalue weighted by molar-refractivity contribution is -0.140. The summed E-state index contributed by atoms with van der Waals surface area (Å²) in [6.07, 6.45) is 2.26. The van der Waals surface area contributed by atoms with Crippen molar-refractivity contribution >= 4 is 27.5 Å². The number of rotatable bonds is 11. The largest absolute Gasteiger partial charge is 0.352 e. The van der Waals surface area contributed by atoms with Crippen LogP contribution < -0.4 is 9.62 Å². The van der Waals surface area contributed by atoms with E-state index in [4.69, 9.17) is 0 Å². The number of nitrogens with one attached hydrogen (secondary N) is 1. The predicted octanol–water partition coefficient (Wildman–Crippen LogP) is 4.78. The fraction of sp³-hybridized carbons (Fsp3) is 0.517. The molecule has 8 heteroatoms. The summed E-state index contributed by atoms with van der Waals surface area (Å²) in [6.45, 7) is 13.8. The van der Waals surface area contributed by atoms with Crippen molar-refractivity contribution in [3.8, 4) is 0 Å². The molecule has 0 unspecified atom stereocenters. The number of carbonyl (C=O) groups is 2.